The van der Waals surface area contributed by atoms with Crippen molar-refractivity contribution in [2.75, 3.05) is 6.61 Å². The summed E-state index contributed by atoms with van der Waals surface area (Å²) in [6.07, 6.45) is 3.21. The number of carbonyl (C=O) groups is 2. The van der Waals surface area contributed by atoms with E-state index in [0.29, 0.717) is 0 Å². The van der Waals surface area contributed by atoms with E-state index in [2.05, 4.69) is 51.0 Å². The van der Waals surface area contributed by atoms with Gasteiger partial charge < -0.3 is 18.6 Å². The molecule has 0 saturated carbocycles. The van der Waals surface area contributed by atoms with Crippen LogP contribution in [0, 0.1) is 18.3 Å². The summed E-state index contributed by atoms with van der Waals surface area (Å²) in [6, 6.07) is 20.4. The highest BCUT2D eigenvalue weighted by molar-refractivity contribution is 6.99. The molecule has 1 aliphatic rings. The minimum Gasteiger partial charge on any atom is -0.454 e. The van der Waals surface area contributed by atoms with Crippen LogP contribution in [0.3, 0.4) is 0 Å². The van der Waals surface area contributed by atoms with Gasteiger partial charge in [0.2, 0.25) is 6.29 Å². The lowest BCUT2D eigenvalue weighted by Gasteiger charge is -2.43. The fraction of sp³-hybridized carbons (Fsp3) is 0.407. The van der Waals surface area contributed by atoms with E-state index in [1.807, 2.05) is 36.4 Å². The van der Waals surface area contributed by atoms with Gasteiger partial charge in [0, 0.05) is 13.8 Å². The summed E-state index contributed by atoms with van der Waals surface area (Å²) in [7, 11) is -2.83. The highest BCUT2D eigenvalue weighted by atomic mass is 28.4. The van der Waals surface area contributed by atoms with Crippen LogP contribution in [0.4, 0.5) is 0 Å². The van der Waals surface area contributed by atoms with E-state index in [1.165, 1.54) is 13.8 Å². The average Bonchev–Trinajstić information content (AvgIpc) is 3.09. The Morgan fingerprint density at radius 3 is 1.85 bits per heavy atom. The summed E-state index contributed by atoms with van der Waals surface area (Å²) in [5, 5.41) is 2.01. The monoisotopic (exact) mass is 480 g/mol. The first kappa shape index (κ1) is 25.7. The molecule has 0 amide bonds. The normalized spacial score (nSPS) is 22.6. The number of carbonyl (C=O) groups excluding carboxylic acids is 2. The molecule has 0 N–H and O–H groups in total. The number of rotatable bonds is 7. The Bertz CT molecular complexity index is 985. The highest BCUT2D eigenvalue weighted by Gasteiger charge is 2.53. The van der Waals surface area contributed by atoms with Gasteiger partial charge in [0.1, 0.15) is 6.10 Å². The van der Waals surface area contributed by atoms with E-state index >= 15 is 0 Å². The van der Waals surface area contributed by atoms with E-state index in [9.17, 15) is 9.59 Å². The molecule has 1 heterocycles. The van der Waals surface area contributed by atoms with Crippen molar-refractivity contribution in [3.8, 4) is 12.3 Å². The maximum absolute atomic E-state index is 11.7. The van der Waals surface area contributed by atoms with Crippen LogP contribution in [0.5, 0.6) is 0 Å². The average molecular weight is 481 g/mol. The second-order valence-electron chi connectivity index (χ2n) is 9.39. The fourth-order valence-electron chi connectivity index (χ4n) is 4.61. The molecule has 4 atom stereocenters. The summed E-state index contributed by atoms with van der Waals surface area (Å²) in [6.45, 7) is 9.23. The predicted molar refractivity (Wildman–Crippen MR) is 132 cm³/mol. The minimum absolute atomic E-state index is 0.150. The summed E-state index contributed by atoms with van der Waals surface area (Å²) in [5.74, 6) is 0.958. The molecule has 1 aliphatic heterocycles. The number of terminal acetylenes is 1. The van der Waals surface area contributed by atoms with Gasteiger partial charge in [-0.15, -0.1) is 6.42 Å². The zero-order valence-corrected chi connectivity index (χ0v) is 21.3. The second-order valence-corrected chi connectivity index (χ2v) is 13.7. The van der Waals surface area contributed by atoms with Gasteiger partial charge in [-0.25, -0.2) is 0 Å². The topological polar surface area (TPSA) is 71.1 Å². The molecule has 4 unspecified atom stereocenters. The van der Waals surface area contributed by atoms with Crippen molar-refractivity contribution in [3.63, 3.8) is 0 Å². The Hall–Kier alpha value is -2.92. The molecule has 1 fully saturated rings. The lowest BCUT2D eigenvalue weighted by atomic mass is 10.00. The van der Waals surface area contributed by atoms with Crippen molar-refractivity contribution in [2.45, 2.75) is 58.2 Å². The van der Waals surface area contributed by atoms with Gasteiger partial charge >= 0.3 is 11.9 Å². The second kappa shape index (κ2) is 10.6. The van der Waals surface area contributed by atoms with Crippen LogP contribution in [0.1, 0.15) is 34.6 Å². The molecule has 2 aromatic rings. The predicted octanol–water partition coefficient (Wildman–Crippen LogP) is 3.03. The van der Waals surface area contributed by atoms with Gasteiger partial charge in [-0.1, -0.05) is 87.4 Å². The Kier molecular flexibility index (Phi) is 7.98. The van der Waals surface area contributed by atoms with Crippen molar-refractivity contribution in [1.29, 1.82) is 0 Å². The van der Waals surface area contributed by atoms with Crippen LogP contribution < -0.4 is 10.4 Å². The third kappa shape index (κ3) is 5.25. The lowest BCUT2D eigenvalue weighted by Crippen LogP contribution is -2.67. The molecular formula is C27H32O6Si. The molecule has 0 radical (unpaired) electrons. The lowest BCUT2D eigenvalue weighted by molar-refractivity contribution is -0.195. The summed E-state index contributed by atoms with van der Waals surface area (Å²) >= 11 is 0. The zero-order valence-electron chi connectivity index (χ0n) is 20.3. The summed E-state index contributed by atoms with van der Waals surface area (Å²) in [4.78, 5) is 23.3. The maximum atomic E-state index is 11.7. The molecular weight excluding hydrogens is 448 g/mol. The van der Waals surface area contributed by atoms with E-state index in [4.69, 9.17) is 25.1 Å². The van der Waals surface area contributed by atoms with Crippen molar-refractivity contribution in [1.82, 2.24) is 0 Å². The molecule has 3 rings (SSSR count). The van der Waals surface area contributed by atoms with E-state index in [-0.39, 0.29) is 11.6 Å². The number of esters is 2. The molecule has 0 bridgehead atoms. The van der Waals surface area contributed by atoms with E-state index < -0.39 is 44.7 Å². The fourth-order valence-corrected chi connectivity index (χ4v) is 9.18. The zero-order chi connectivity index (χ0) is 24.9. The summed E-state index contributed by atoms with van der Waals surface area (Å²) < 4.78 is 23.6. The number of hydrogen-bond donors (Lipinski definition) is 0. The maximum Gasteiger partial charge on any atom is 0.305 e. The molecule has 0 aromatic heterocycles. The quantitative estimate of drug-likeness (QED) is 0.345. The van der Waals surface area contributed by atoms with Crippen LogP contribution in [0.25, 0.3) is 0 Å². The SMILES string of the molecule is C#CC1C(CO[Si](c2ccccc2)(c2ccccc2)C(C)(C)C)OC(OC(C)=O)C1OC(C)=O. The standard InChI is InChI=1S/C27H32O6Si/c1-7-23-24(33-26(32-20(3)29)25(23)31-19(2)28)18-30-34(27(4,5)6,21-14-10-8-11-15-21)22-16-12-9-13-17-22/h1,8-17,23-26H,18H2,2-6H3. The van der Waals surface area contributed by atoms with Gasteiger partial charge in [-0.2, -0.15) is 0 Å². The first-order valence-corrected chi connectivity index (χ1v) is 13.2. The molecule has 6 nitrogen and oxygen atoms in total. The first-order chi connectivity index (χ1) is 16.1. The smallest absolute Gasteiger partial charge is 0.305 e. The molecule has 34 heavy (non-hydrogen) atoms. The third-order valence-electron chi connectivity index (χ3n) is 5.99. The Morgan fingerprint density at radius 2 is 1.44 bits per heavy atom. The largest absolute Gasteiger partial charge is 0.454 e. The Labute approximate surface area is 202 Å². The number of benzene rings is 2. The van der Waals surface area contributed by atoms with Crippen LogP contribution in [0.15, 0.2) is 60.7 Å². The third-order valence-corrected chi connectivity index (χ3v) is 11.0. The Morgan fingerprint density at radius 1 is 0.941 bits per heavy atom. The number of hydrogen-bond acceptors (Lipinski definition) is 6. The van der Waals surface area contributed by atoms with Crippen LogP contribution in [0.2, 0.25) is 5.04 Å². The first-order valence-electron chi connectivity index (χ1n) is 11.3. The van der Waals surface area contributed by atoms with Gasteiger partial charge in [0.05, 0.1) is 12.5 Å². The van der Waals surface area contributed by atoms with E-state index in [1.54, 1.807) is 0 Å². The summed E-state index contributed by atoms with van der Waals surface area (Å²) in [5.41, 5.74) is 0. The van der Waals surface area contributed by atoms with Crippen LogP contribution >= 0.6 is 0 Å². The van der Waals surface area contributed by atoms with Crippen molar-refractivity contribution in [2.24, 2.45) is 5.92 Å². The molecule has 0 spiro atoms. The number of ether oxygens (including phenoxy) is 3. The van der Waals surface area contributed by atoms with Crippen LogP contribution in [-0.4, -0.2) is 45.4 Å². The molecule has 2 aromatic carbocycles. The van der Waals surface area contributed by atoms with E-state index in [0.717, 1.165) is 10.4 Å². The Balaban J connectivity index is 2.00. The molecule has 7 heteroatoms. The van der Waals surface area contributed by atoms with Crippen LogP contribution in [-0.2, 0) is 28.2 Å². The van der Waals surface area contributed by atoms with Gasteiger partial charge in [-0.3, -0.25) is 9.59 Å². The van der Waals surface area contributed by atoms with Crippen molar-refractivity contribution < 1.29 is 28.2 Å². The van der Waals surface area contributed by atoms with Crippen molar-refractivity contribution in [3.05, 3.63) is 60.7 Å². The molecule has 1 saturated heterocycles. The molecule has 180 valence electrons. The highest BCUT2D eigenvalue weighted by Crippen LogP contribution is 2.38. The van der Waals surface area contributed by atoms with Gasteiger partial charge in [0.15, 0.2) is 6.10 Å². The van der Waals surface area contributed by atoms with Crippen molar-refractivity contribution >= 4 is 30.6 Å². The van der Waals surface area contributed by atoms with Gasteiger partial charge in [-0.05, 0) is 15.4 Å². The molecule has 0 aliphatic carbocycles. The minimum atomic E-state index is -2.83. The van der Waals surface area contributed by atoms with Gasteiger partial charge in [0.25, 0.3) is 8.32 Å².